The summed E-state index contributed by atoms with van der Waals surface area (Å²) in [6.45, 7) is 14.4. The molecule has 0 aromatic rings. The van der Waals surface area contributed by atoms with E-state index in [1.54, 1.807) is 7.11 Å². The molecule has 0 saturated heterocycles. The van der Waals surface area contributed by atoms with Crippen LogP contribution in [0, 0.1) is 5.92 Å². The first-order valence-corrected chi connectivity index (χ1v) is 12.2. The van der Waals surface area contributed by atoms with Crippen molar-refractivity contribution in [1.82, 2.24) is 0 Å². The first kappa shape index (κ1) is 19.5. The molecule has 24 heavy (non-hydrogen) atoms. The molecule has 2 aliphatic rings. The normalized spacial score (nSPS) is 22.3. The molecule has 2 rings (SSSR count). The number of carbonyl (C=O) groups excluding carboxylic acids is 1. The Kier molecular flexibility index (Phi) is 6.17. The van der Waals surface area contributed by atoms with Gasteiger partial charge in [-0.15, -0.1) is 0 Å². The number of carbonyl (C=O) groups is 1. The lowest BCUT2D eigenvalue weighted by atomic mass is 9.93. The summed E-state index contributed by atoms with van der Waals surface area (Å²) >= 11 is 0. The summed E-state index contributed by atoms with van der Waals surface area (Å²) in [5, 5.41) is 0. The average molecular weight is 349 g/mol. The second kappa shape index (κ2) is 7.59. The summed E-state index contributed by atoms with van der Waals surface area (Å²) in [4.78, 5) is 12.9. The van der Waals surface area contributed by atoms with Crippen LogP contribution in [0.3, 0.4) is 0 Å². The van der Waals surface area contributed by atoms with Gasteiger partial charge in [-0.3, -0.25) is 4.79 Å². The molecule has 0 spiro atoms. The minimum atomic E-state index is -1.59. The number of ether oxygens (including phenoxy) is 1. The Morgan fingerprint density at radius 3 is 2.17 bits per heavy atom. The van der Waals surface area contributed by atoms with Crippen LogP contribution in [0.4, 0.5) is 0 Å². The summed E-state index contributed by atoms with van der Waals surface area (Å²) < 4.78 is 5.67. The Balaban J connectivity index is 2.50. The molecule has 2 nitrogen and oxygen atoms in total. The zero-order valence-electron chi connectivity index (χ0n) is 16.7. The highest BCUT2D eigenvalue weighted by Gasteiger charge is 2.47. The van der Waals surface area contributed by atoms with Gasteiger partial charge in [0.05, 0.1) is 15.2 Å². The van der Waals surface area contributed by atoms with Gasteiger partial charge >= 0.3 is 0 Å². The molecule has 0 N–H and O–H groups in total. The highest BCUT2D eigenvalue weighted by atomic mass is 28.3. The lowest BCUT2D eigenvalue weighted by molar-refractivity contribution is -0.114. The van der Waals surface area contributed by atoms with Gasteiger partial charge in [-0.05, 0) is 30.9 Å². The fourth-order valence-electron chi connectivity index (χ4n) is 5.47. The number of hydrogen-bond acceptors (Lipinski definition) is 2. The summed E-state index contributed by atoms with van der Waals surface area (Å²) in [6, 6.07) is 1.12. The van der Waals surface area contributed by atoms with Crippen LogP contribution >= 0.6 is 0 Å². The first-order valence-electron chi connectivity index (χ1n) is 9.79. The summed E-state index contributed by atoms with van der Waals surface area (Å²) in [5.41, 5.74) is 4.50. The van der Waals surface area contributed by atoms with Crippen LogP contribution < -0.4 is 0 Å². The monoisotopic (exact) mass is 348 g/mol. The van der Waals surface area contributed by atoms with Gasteiger partial charge in [0.1, 0.15) is 0 Å². The third-order valence-corrected chi connectivity index (χ3v) is 14.2. The topological polar surface area (TPSA) is 26.3 Å². The maximum absolute atomic E-state index is 12.9. The van der Waals surface area contributed by atoms with Crippen molar-refractivity contribution in [1.29, 1.82) is 0 Å². The van der Waals surface area contributed by atoms with Crippen LogP contribution in [0.5, 0.6) is 0 Å². The third kappa shape index (κ3) is 3.16. The highest BCUT2D eigenvalue weighted by Crippen LogP contribution is 2.51. The van der Waals surface area contributed by atoms with Gasteiger partial charge < -0.3 is 4.74 Å². The van der Waals surface area contributed by atoms with E-state index in [0.717, 1.165) is 24.5 Å². The molecule has 1 atom stereocenters. The summed E-state index contributed by atoms with van der Waals surface area (Å²) in [6.07, 6.45) is 6.80. The van der Waals surface area contributed by atoms with Crippen LogP contribution in [0.1, 0.15) is 67.2 Å². The maximum Gasteiger partial charge on any atom is 0.223 e. The predicted molar refractivity (Wildman–Crippen MR) is 105 cm³/mol. The molecule has 3 heteroatoms. The second-order valence-electron chi connectivity index (χ2n) is 8.64. The maximum atomic E-state index is 12.9. The van der Waals surface area contributed by atoms with Gasteiger partial charge in [0.25, 0.3) is 0 Å². The van der Waals surface area contributed by atoms with Crippen molar-refractivity contribution in [3.8, 4) is 0 Å². The molecule has 0 aliphatic heterocycles. The van der Waals surface area contributed by atoms with Crippen molar-refractivity contribution in [2.45, 2.75) is 89.9 Å². The van der Waals surface area contributed by atoms with Gasteiger partial charge in [0, 0.05) is 11.5 Å². The minimum absolute atomic E-state index is 0.179. The van der Waals surface area contributed by atoms with Gasteiger partial charge in [-0.25, -0.2) is 0 Å². The number of methoxy groups -OCH3 is 1. The van der Waals surface area contributed by atoms with Crippen molar-refractivity contribution in [2.75, 3.05) is 7.11 Å². The Bertz CT molecular complexity index is 518. The van der Waals surface area contributed by atoms with Crippen LogP contribution in [-0.2, 0) is 9.53 Å². The third-order valence-electron chi connectivity index (χ3n) is 6.79. The van der Waals surface area contributed by atoms with E-state index in [4.69, 9.17) is 4.74 Å². The van der Waals surface area contributed by atoms with E-state index in [-0.39, 0.29) is 5.78 Å². The van der Waals surface area contributed by atoms with Crippen LogP contribution in [0.15, 0.2) is 23.0 Å². The van der Waals surface area contributed by atoms with Gasteiger partial charge in [-0.1, -0.05) is 70.7 Å². The van der Waals surface area contributed by atoms with E-state index in [9.17, 15) is 4.79 Å². The fraction of sp³-hybridized carbons (Fsp3) is 0.762. The SMILES string of the molecule is COC1=C(C[Si](C(C)C)(C(C)C)C(C)C)C2CCCCC=C2C1=O. The molecule has 1 unspecified atom stereocenters. The van der Waals surface area contributed by atoms with E-state index < -0.39 is 8.07 Å². The van der Waals surface area contributed by atoms with Gasteiger partial charge in [-0.2, -0.15) is 0 Å². The number of rotatable bonds is 6. The van der Waals surface area contributed by atoms with Crippen molar-refractivity contribution in [3.05, 3.63) is 23.0 Å². The average Bonchev–Trinajstić information content (AvgIpc) is 2.67. The quantitative estimate of drug-likeness (QED) is 0.529. The number of allylic oxidation sites excluding steroid dienone is 3. The Morgan fingerprint density at radius 1 is 1.08 bits per heavy atom. The zero-order valence-corrected chi connectivity index (χ0v) is 17.7. The highest BCUT2D eigenvalue weighted by molar-refractivity contribution is 6.84. The van der Waals surface area contributed by atoms with E-state index >= 15 is 0 Å². The fourth-order valence-corrected chi connectivity index (χ4v) is 11.8. The lowest BCUT2D eigenvalue weighted by Gasteiger charge is -2.44. The van der Waals surface area contributed by atoms with E-state index in [2.05, 4.69) is 47.6 Å². The standard InChI is InChI=1S/C21H36O2Si/c1-14(2)24(15(3)4,16(5)6)13-19-17-11-9-8-10-12-18(17)20(22)21(19)23-7/h12,14-17H,8-11,13H2,1-7H3. The molecule has 0 bridgehead atoms. The van der Waals surface area contributed by atoms with Crippen molar-refractivity contribution < 1.29 is 9.53 Å². The first-order chi connectivity index (χ1) is 11.3. The van der Waals surface area contributed by atoms with E-state index in [0.29, 0.717) is 28.3 Å². The molecular weight excluding hydrogens is 312 g/mol. The lowest BCUT2D eigenvalue weighted by Crippen LogP contribution is -2.45. The largest absolute Gasteiger partial charge is 0.493 e. The Morgan fingerprint density at radius 2 is 1.67 bits per heavy atom. The number of ketones is 1. The number of fused-ring (bicyclic) bond motifs is 1. The molecule has 0 heterocycles. The summed E-state index contributed by atoms with van der Waals surface area (Å²) in [7, 11) is 0.0925. The molecule has 0 fully saturated rings. The molecular formula is C21H36O2Si. The number of hydrogen-bond donors (Lipinski definition) is 0. The van der Waals surface area contributed by atoms with Crippen molar-refractivity contribution in [3.63, 3.8) is 0 Å². The van der Waals surface area contributed by atoms with Crippen LogP contribution in [0.25, 0.3) is 0 Å². The molecule has 136 valence electrons. The molecule has 0 amide bonds. The van der Waals surface area contributed by atoms with Crippen molar-refractivity contribution in [2.24, 2.45) is 5.92 Å². The molecule has 0 saturated carbocycles. The van der Waals surface area contributed by atoms with E-state index in [1.165, 1.54) is 18.4 Å². The van der Waals surface area contributed by atoms with Gasteiger partial charge in [0.2, 0.25) is 5.78 Å². The summed E-state index contributed by atoms with van der Waals surface area (Å²) in [5.74, 6) is 1.20. The zero-order chi connectivity index (χ0) is 18.1. The van der Waals surface area contributed by atoms with E-state index in [1.807, 2.05) is 0 Å². The smallest absolute Gasteiger partial charge is 0.223 e. The van der Waals surface area contributed by atoms with Gasteiger partial charge in [0.15, 0.2) is 5.76 Å². The second-order valence-corrected chi connectivity index (χ2v) is 14.7. The van der Waals surface area contributed by atoms with Crippen molar-refractivity contribution >= 4 is 13.9 Å². The Hall–Kier alpha value is -0.833. The number of Topliss-reactive ketones (excluding diaryl/α,β-unsaturated/α-hetero) is 1. The minimum Gasteiger partial charge on any atom is -0.493 e. The Labute approximate surface area is 149 Å². The molecule has 2 aliphatic carbocycles. The van der Waals surface area contributed by atoms with Crippen LogP contribution in [0.2, 0.25) is 22.7 Å². The molecule has 0 aromatic carbocycles. The molecule has 0 radical (unpaired) electrons. The predicted octanol–water partition coefficient (Wildman–Crippen LogP) is 6.27. The molecule has 0 aromatic heterocycles. The van der Waals surface area contributed by atoms with Crippen LogP contribution in [-0.4, -0.2) is 21.0 Å².